The molecule has 17 heavy (non-hydrogen) atoms. The monoisotopic (exact) mass is 256 g/mol. The van der Waals surface area contributed by atoms with Gasteiger partial charge in [-0.15, -0.1) is 0 Å². The van der Waals surface area contributed by atoms with Crippen molar-refractivity contribution in [3.8, 4) is 5.75 Å². The van der Waals surface area contributed by atoms with E-state index in [-0.39, 0.29) is 6.61 Å². The molecule has 4 heteroatoms. The Bertz CT molecular complexity index is 321. The minimum atomic E-state index is -0.624. The molecule has 1 atom stereocenters. The molecule has 0 spiro atoms. The fourth-order valence-corrected chi connectivity index (χ4v) is 2.25. The summed E-state index contributed by atoms with van der Waals surface area (Å²) < 4.78 is 5.62. The molecule has 0 saturated heterocycles. The summed E-state index contributed by atoms with van der Waals surface area (Å²) in [5.74, 6) is 2.25. The maximum atomic E-state index is 9.14. The van der Waals surface area contributed by atoms with E-state index in [0.29, 0.717) is 12.4 Å². The highest BCUT2D eigenvalue weighted by atomic mass is 32.2. The average Bonchev–Trinajstić information content (AvgIpc) is 2.27. The molecular weight excluding hydrogens is 236 g/mol. The molecule has 2 N–H and O–H groups in total. The molecule has 96 valence electrons. The molecule has 0 fully saturated rings. The number of aliphatic hydroxyl groups is 2. The summed E-state index contributed by atoms with van der Waals surface area (Å²) in [4.78, 5) is 0. The summed E-state index contributed by atoms with van der Waals surface area (Å²) in [5, 5.41) is 17.8. The van der Waals surface area contributed by atoms with Gasteiger partial charge in [-0.3, -0.25) is 0 Å². The van der Waals surface area contributed by atoms with E-state index in [0.717, 1.165) is 11.5 Å². The van der Waals surface area contributed by atoms with Crippen molar-refractivity contribution in [2.24, 2.45) is 0 Å². The van der Waals surface area contributed by atoms with Crippen molar-refractivity contribution in [1.82, 2.24) is 0 Å². The molecule has 0 aromatic heterocycles. The number of ether oxygens (including phenoxy) is 1. The summed E-state index contributed by atoms with van der Waals surface area (Å²) in [7, 11) is 0. The molecule has 0 aliphatic rings. The molecule has 0 bridgehead atoms. The van der Waals surface area contributed by atoms with Gasteiger partial charge in [-0.2, -0.15) is 11.8 Å². The van der Waals surface area contributed by atoms with Crippen LogP contribution in [0.5, 0.6) is 5.75 Å². The Balaban J connectivity index is 2.22. The number of aryl methyl sites for hydroxylation is 2. The van der Waals surface area contributed by atoms with Gasteiger partial charge in [0.15, 0.2) is 0 Å². The van der Waals surface area contributed by atoms with Crippen LogP contribution in [-0.2, 0) is 0 Å². The van der Waals surface area contributed by atoms with Gasteiger partial charge in [0.25, 0.3) is 0 Å². The third-order valence-electron chi connectivity index (χ3n) is 2.21. The van der Waals surface area contributed by atoms with Crippen molar-refractivity contribution in [2.75, 3.05) is 24.7 Å². The van der Waals surface area contributed by atoms with E-state index in [1.807, 2.05) is 26.0 Å². The fourth-order valence-electron chi connectivity index (χ4n) is 1.51. The molecule has 1 aromatic rings. The van der Waals surface area contributed by atoms with E-state index < -0.39 is 6.10 Å². The van der Waals surface area contributed by atoms with Gasteiger partial charge < -0.3 is 14.9 Å². The van der Waals surface area contributed by atoms with Crippen LogP contribution in [0.4, 0.5) is 0 Å². The summed E-state index contributed by atoms with van der Waals surface area (Å²) in [6.45, 7) is 4.54. The predicted molar refractivity (Wildman–Crippen MR) is 71.8 cm³/mol. The number of rotatable bonds is 7. The van der Waals surface area contributed by atoms with Gasteiger partial charge in [-0.25, -0.2) is 0 Å². The highest BCUT2D eigenvalue weighted by Crippen LogP contribution is 2.16. The lowest BCUT2D eigenvalue weighted by molar-refractivity contribution is 0.113. The second kappa shape index (κ2) is 7.58. The van der Waals surface area contributed by atoms with E-state index in [4.69, 9.17) is 14.9 Å². The minimum Gasteiger partial charge on any atom is -0.493 e. The topological polar surface area (TPSA) is 49.7 Å². The number of aliphatic hydroxyl groups excluding tert-OH is 2. The van der Waals surface area contributed by atoms with Crippen LogP contribution < -0.4 is 4.74 Å². The highest BCUT2D eigenvalue weighted by molar-refractivity contribution is 7.99. The maximum absolute atomic E-state index is 9.14. The van der Waals surface area contributed by atoms with Crippen molar-refractivity contribution in [3.05, 3.63) is 29.3 Å². The maximum Gasteiger partial charge on any atom is 0.119 e. The Hall–Kier alpha value is -0.710. The van der Waals surface area contributed by atoms with Crippen LogP contribution in [0.25, 0.3) is 0 Å². The van der Waals surface area contributed by atoms with Crippen LogP contribution in [0.15, 0.2) is 18.2 Å². The van der Waals surface area contributed by atoms with Gasteiger partial charge in [0.2, 0.25) is 0 Å². The first-order valence-electron chi connectivity index (χ1n) is 5.69. The molecule has 3 nitrogen and oxygen atoms in total. The van der Waals surface area contributed by atoms with Gasteiger partial charge in [-0.1, -0.05) is 6.07 Å². The van der Waals surface area contributed by atoms with Crippen LogP contribution in [0.1, 0.15) is 11.1 Å². The molecule has 0 heterocycles. The SMILES string of the molecule is Cc1cc(C)cc(OCCSCC(O)CO)c1. The number of benzene rings is 1. The zero-order valence-electron chi connectivity index (χ0n) is 10.3. The normalized spacial score (nSPS) is 12.5. The number of hydrogen-bond acceptors (Lipinski definition) is 4. The number of thioether (sulfide) groups is 1. The standard InChI is InChI=1S/C13H20O3S/c1-10-5-11(2)7-13(6-10)16-3-4-17-9-12(15)8-14/h5-7,12,14-15H,3-4,8-9H2,1-2H3. The molecule has 0 saturated carbocycles. The van der Waals surface area contributed by atoms with E-state index in [1.54, 1.807) is 11.8 Å². The lowest BCUT2D eigenvalue weighted by Gasteiger charge is -2.09. The smallest absolute Gasteiger partial charge is 0.119 e. The first-order chi connectivity index (χ1) is 8.11. The molecule has 0 radical (unpaired) electrons. The third-order valence-corrected chi connectivity index (χ3v) is 3.29. The Morgan fingerprint density at radius 2 is 1.88 bits per heavy atom. The van der Waals surface area contributed by atoms with Crippen molar-refractivity contribution in [2.45, 2.75) is 20.0 Å². The van der Waals surface area contributed by atoms with E-state index >= 15 is 0 Å². The Labute approximate surface area is 107 Å². The zero-order valence-corrected chi connectivity index (χ0v) is 11.2. The van der Waals surface area contributed by atoms with Crippen molar-refractivity contribution in [3.63, 3.8) is 0 Å². The molecule has 0 aliphatic carbocycles. The van der Waals surface area contributed by atoms with Crippen LogP contribution in [-0.4, -0.2) is 41.0 Å². The Kier molecular flexibility index (Phi) is 6.40. The summed E-state index contributed by atoms with van der Waals surface area (Å²) >= 11 is 1.58. The van der Waals surface area contributed by atoms with Gasteiger partial charge in [-0.05, 0) is 37.1 Å². The van der Waals surface area contributed by atoms with Crippen molar-refractivity contribution >= 4 is 11.8 Å². The first-order valence-corrected chi connectivity index (χ1v) is 6.85. The van der Waals surface area contributed by atoms with Gasteiger partial charge >= 0.3 is 0 Å². The molecule has 1 unspecified atom stereocenters. The van der Waals surface area contributed by atoms with Crippen molar-refractivity contribution in [1.29, 1.82) is 0 Å². The second-order valence-corrected chi connectivity index (χ2v) is 5.23. The Morgan fingerprint density at radius 3 is 2.47 bits per heavy atom. The van der Waals surface area contributed by atoms with Crippen molar-refractivity contribution < 1.29 is 14.9 Å². The lowest BCUT2D eigenvalue weighted by atomic mass is 10.1. The molecular formula is C13H20O3S. The van der Waals surface area contributed by atoms with Crippen LogP contribution >= 0.6 is 11.8 Å². The molecule has 1 rings (SSSR count). The first kappa shape index (κ1) is 14.4. The summed E-state index contributed by atoms with van der Waals surface area (Å²) in [6.07, 6.45) is -0.624. The van der Waals surface area contributed by atoms with Crippen LogP contribution in [0.3, 0.4) is 0 Å². The second-order valence-electron chi connectivity index (χ2n) is 4.08. The summed E-state index contributed by atoms with van der Waals surface area (Å²) in [5.41, 5.74) is 2.40. The minimum absolute atomic E-state index is 0.176. The van der Waals surface area contributed by atoms with E-state index in [1.165, 1.54) is 11.1 Å². The molecule has 1 aromatic carbocycles. The average molecular weight is 256 g/mol. The quantitative estimate of drug-likeness (QED) is 0.730. The van der Waals surface area contributed by atoms with Crippen LogP contribution in [0, 0.1) is 13.8 Å². The lowest BCUT2D eigenvalue weighted by Crippen LogP contribution is -2.15. The Morgan fingerprint density at radius 1 is 1.24 bits per heavy atom. The highest BCUT2D eigenvalue weighted by Gasteiger charge is 2.01. The summed E-state index contributed by atoms with van der Waals surface area (Å²) in [6, 6.07) is 6.14. The third kappa shape index (κ3) is 5.96. The largest absolute Gasteiger partial charge is 0.493 e. The van der Waals surface area contributed by atoms with Gasteiger partial charge in [0, 0.05) is 11.5 Å². The predicted octanol–water partition coefficient (Wildman–Crippen LogP) is 1.77. The van der Waals surface area contributed by atoms with E-state index in [2.05, 4.69) is 6.07 Å². The molecule has 0 aliphatic heterocycles. The van der Waals surface area contributed by atoms with E-state index in [9.17, 15) is 0 Å². The van der Waals surface area contributed by atoms with Gasteiger partial charge in [0.1, 0.15) is 5.75 Å². The zero-order chi connectivity index (χ0) is 12.7. The van der Waals surface area contributed by atoms with Gasteiger partial charge in [0.05, 0.1) is 19.3 Å². The number of hydrogen-bond donors (Lipinski definition) is 2. The van der Waals surface area contributed by atoms with Crippen LogP contribution in [0.2, 0.25) is 0 Å². The fraction of sp³-hybridized carbons (Fsp3) is 0.538. The molecule has 0 amide bonds.